The van der Waals surface area contributed by atoms with Gasteiger partial charge >= 0.3 is 6.01 Å². The molecule has 1 aliphatic rings. The summed E-state index contributed by atoms with van der Waals surface area (Å²) in [5.41, 5.74) is 2.90. The van der Waals surface area contributed by atoms with Crippen LogP contribution in [0, 0.1) is 25.6 Å². The molecule has 0 saturated carbocycles. The zero-order chi connectivity index (χ0) is 22.9. The second-order valence-electron chi connectivity index (χ2n) is 7.91. The molecule has 0 bridgehead atoms. The molecule has 0 unspecified atom stereocenters. The van der Waals surface area contributed by atoms with Gasteiger partial charge in [0.25, 0.3) is 0 Å². The minimum atomic E-state index is -3.73. The van der Waals surface area contributed by atoms with Crippen LogP contribution in [0.4, 0.5) is 10.4 Å². The summed E-state index contributed by atoms with van der Waals surface area (Å²) in [5, 5.41) is 10.5. The lowest BCUT2D eigenvalue weighted by Gasteiger charge is -2.30. The molecule has 2 heterocycles. The summed E-state index contributed by atoms with van der Waals surface area (Å²) in [4.78, 5) is 12.7. The Balaban J connectivity index is 1.37. The number of nitrogens with one attached hydrogen (secondary N) is 1. The minimum absolute atomic E-state index is 0.00511. The smallest absolute Gasteiger partial charge is 0.322 e. The van der Waals surface area contributed by atoms with Crippen molar-refractivity contribution < 1.29 is 22.0 Å². The van der Waals surface area contributed by atoms with Crippen LogP contribution in [-0.4, -0.2) is 41.9 Å². The van der Waals surface area contributed by atoms with E-state index in [0.717, 1.165) is 28.8 Å². The van der Waals surface area contributed by atoms with Gasteiger partial charge in [-0.25, -0.2) is 12.8 Å². The molecular weight excluding hydrogens is 435 g/mol. The Morgan fingerprint density at radius 3 is 2.31 bits per heavy atom. The van der Waals surface area contributed by atoms with Crippen LogP contribution in [-0.2, 0) is 14.8 Å². The zero-order valence-corrected chi connectivity index (χ0v) is 18.5. The van der Waals surface area contributed by atoms with E-state index in [1.807, 2.05) is 32.0 Å². The number of hydrogen-bond acceptors (Lipinski definition) is 6. The number of aromatic nitrogens is 2. The maximum absolute atomic E-state index is 13.1. The van der Waals surface area contributed by atoms with Gasteiger partial charge in [-0.2, -0.15) is 4.31 Å². The summed E-state index contributed by atoms with van der Waals surface area (Å²) in [7, 11) is -3.73. The van der Waals surface area contributed by atoms with Crippen molar-refractivity contribution >= 4 is 21.9 Å². The van der Waals surface area contributed by atoms with Gasteiger partial charge in [0.2, 0.25) is 21.8 Å². The molecule has 3 aromatic rings. The number of rotatable bonds is 5. The molecule has 1 saturated heterocycles. The first-order valence-electron chi connectivity index (χ1n) is 10.2. The van der Waals surface area contributed by atoms with Gasteiger partial charge in [0, 0.05) is 24.6 Å². The van der Waals surface area contributed by atoms with Crippen molar-refractivity contribution in [2.45, 2.75) is 31.6 Å². The second-order valence-corrected chi connectivity index (χ2v) is 9.85. The van der Waals surface area contributed by atoms with Crippen molar-refractivity contribution in [3.8, 4) is 11.5 Å². The largest absolute Gasteiger partial charge is 0.403 e. The van der Waals surface area contributed by atoms with Crippen LogP contribution in [0.3, 0.4) is 0 Å². The van der Waals surface area contributed by atoms with Crippen LogP contribution in [0.1, 0.15) is 24.0 Å². The summed E-state index contributed by atoms with van der Waals surface area (Å²) < 4.78 is 45.4. The van der Waals surface area contributed by atoms with E-state index in [1.165, 1.54) is 16.4 Å². The van der Waals surface area contributed by atoms with E-state index >= 15 is 0 Å². The first-order chi connectivity index (χ1) is 15.2. The van der Waals surface area contributed by atoms with Crippen molar-refractivity contribution in [2.75, 3.05) is 18.4 Å². The number of nitrogens with zero attached hydrogens (tertiary/aromatic N) is 3. The number of halogens is 1. The standard InChI is InChI=1S/C22H23FN4O4S/c1-14-11-15(2)13-17(12-14)21-25-26-22(31-21)24-20(28)16-7-9-27(10-8-16)32(29,30)19-5-3-18(23)4-6-19/h3-6,11-13,16H,7-10H2,1-2H3,(H,24,26,28). The van der Waals surface area contributed by atoms with Crippen LogP contribution in [0.2, 0.25) is 0 Å². The molecule has 0 spiro atoms. The van der Waals surface area contributed by atoms with E-state index in [2.05, 4.69) is 15.5 Å². The van der Waals surface area contributed by atoms with Crippen LogP contribution in [0.15, 0.2) is 51.8 Å². The van der Waals surface area contributed by atoms with Crippen LogP contribution >= 0.6 is 0 Å². The highest BCUT2D eigenvalue weighted by atomic mass is 32.2. The lowest BCUT2D eigenvalue weighted by molar-refractivity contribution is -0.121. The Kier molecular flexibility index (Phi) is 6.07. The molecule has 0 aliphatic carbocycles. The maximum atomic E-state index is 13.1. The van der Waals surface area contributed by atoms with Gasteiger partial charge in [0.15, 0.2) is 0 Å². The number of amides is 1. The molecule has 1 aliphatic heterocycles. The Hall–Kier alpha value is -3.11. The Bertz CT molecular complexity index is 1210. The topological polar surface area (TPSA) is 105 Å². The number of anilines is 1. The van der Waals surface area contributed by atoms with Gasteiger partial charge in [-0.1, -0.05) is 22.3 Å². The molecular formula is C22H23FN4O4S. The highest BCUT2D eigenvalue weighted by Gasteiger charge is 2.32. The van der Waals surface area contributed by atoms with Crippen molar-refractivity contribution in [1.82, 2.24) is 14.5 Å². The SMILES string of the molecule is Cc1cc(C)cc(-c2nnc(NC(=O)C3CCN(S(=O)(=O)c4ccc(F)cc4)CC3)o2)c1. The van der Waals surface area contributed by atoms with Crippen molar-refractivity contribution in [1.29, 1.82) is 0 Å². The average molecular weight is 459 g/mol. The highest BCUT2D eigenvalue weighted by Crippen LogP contribution is 2.26. The lowest BCUT2D eigenvalue weighted by atomic mass is 9.97. The number of carbonyl (C=O) groups excluding carboxylic acids is 1. The fourth-order valence-electron chi connectivity index (χ4n) is 3.81. The molecule has 8 nitrogen and oxygen atoms in total. The maximum Gasteiger partial charge on any atom is 0.322 e. The zero-order valence-electron chi connectivity index (χ0n) is 17.7. The summed E-state index contributed by atoms with van der Waals surface area (Å²) in [5.74, 6) is -0.862. The van der Waals surface area contributed by atoms with Gasteiger partial charge in [-0.05, 0) is 63.1 Å². The molecule has 0 atom stereocenters. The number of piperidine rings is 1. The van der Waals surface area contributed by atoms with Crippen molar-refractivity contribution in [3.63, 3.8) is 0 Å². The summed E-state index contributed by atoms with van der Waals surface area (Å²) in [6.45, 7) is 4.32. The lowest BCUT2D eigenvalue weighted by Crippen LogP contribution is -2.41. The molecule has 4 rings (SSSR count). The number of benzene rings is 2. The first kappa shape index (κ1) is 22.1. The van der Waals surface area contributed by atoms with Gasteiger partial charge in [0.1, 0.15) is 5.82 Å². The third kappa shape index (κ3) is 4.71. The molecule has 10 heteroatoms. The first-order valence-corrected chi connectivity index (χ1v) is 11.6. The average Bonchev–Trinajstić information content (AvgIpc) is 3.22. The van der Waals surface area contributed by atoms with E-state index in [1.54, 1.807) is 0 Å². The van der Waals surface area contributed by atoms with E-state index in [9.17, 15) is 17.6 Å². The number of aryl methyl sites for hydroxylation is 2. The Labute approximate surface area is 185 Å². The normalized spacial score (nSPS) is 15.6. The molecule has 2 aromatic carbocycles. The number of hydrogen-bond donors (Lipinski definition) is 1. The molecule has 168 valence electrons. The Morgan fingerprint density at radius 1 is 1.06 bits per heavy atom. The number of carbonyl (C=O) groups is 1. The quantitative estimate of drug-likeness (QED) is 0.627. The third-order valence-corrected chi connectivity index (χ3v) is 7.31. The highest BCUT2D eigenvalue weighted by molar-refractivity contribution is 7.89. The summed E-state index contributed by atoms with van der Waals surface area (Å²) >= 11 is 0. The van der Waals surface area contributed by atoms with Crippen LogP contribution in [0.25, 0.3) is 11.5 Å². The Morgan fingerprint density at radius 2 is 1.69 bits per heavy atom. The fraction of sp³-hybridized carbons (Fsp3) is 0.318. The molecule has 1 amide bonds. The van der Waals surface area contributed by atoms with Crippen molar-refractivity contribution in [3.05, 3.63) is 59.4 Å². The predicted octanol–water partition coefficient (Wildman–Crippen LogP) is 3.53. The summed E-state index contributed by atoms with van der Waals surface area (Å²) in [6, 6.07) is 10.6. The van der Waals surface area contributed by atoms with Gasteiger partial charge in [-0.15, -0.1) is 5.10 Å². The van der Waals surface area contributed by atoms with Crippen LogP contribution < -0.4 is 5.32 Å². The van der Waals surface area contributed by atoms with E-state index < -0.39 is 15.8 Å². The molecule has 1 fully saturated rings. The van der Waals surface area contributed by atoms with Crippen molar-refractivity contribution in [2.24, 2.45) is 5.92 Å². The van der Waals surface area contributed by atoms with Gasteiger partial charge in [0.05, 0.1) is 4.90 Å². The monoisotopic (exact) mass is 458 g/mol. The van der Waals surface area contributed by atoms with Gasteiger partial charge in [-0.3, -0.25) is 10.1 Å². The molecule has 1 N–H and O–H groups in total. The van der Waals surface area contributed by atoms with E-state index in [0.29, 0.717) is 18.7 Å². The van der Waals surface area contributed by atoms with E-state index in [-0.39, 0.29) is 35.8 Å². The van der Waals surface area contributed by atoms with Crippen LogP contribution in [0.5, 0.6) is 0 Å². The summed E-state index contributed by atoms with van der Waals surface area (Å²) in [6.07, 6.45) is 0.703. The minimum Gasteiger partial charge on any atom is -0.403 e. The third-order valence-electron chi connectivity index (χ3n) is 5.40. The molecule has 1 aromatic heterocycles. The fourth-order valence-corrected chi connectivity index (χ4v) is 5.28. The number of sulfonamides is 1. The molecule has 0 radical (unpaired) electrons. The van der Waals surface area contributed by atoms with E-state index in [4.69, 9.17) is 4.42 Å². The predicted molar refractivity (Wildman–Crippen MR) is 116 cm³/mol. The molecule has 32 heavy (non-hydrogen) atoms. The van der Waals surface area contributed by atoms with Gasteiger partial charge < -0.3 is 4.42 Å². The second kappa shape index (κ2) is 8.79.